The molecule has 0 spiro atoms. The Balaban J connectivity index is 1.32. The molecule has 0 amide bonds. The molecular formula is C32H25N9O8S2. The van der Waals surface area contributed by atoms with Crippen LogP contribution in [0.4, 0.5) is 51.2 Å². The maximum Gasteiger partial charge on any atom is 0.296 e. The Hall–Kier alpha value is -6.54. The normalized spacial score (nSPS) is 12.6. The fourth-order valence-electron chi connectivity index (χ4n) is 4.91. The molecule has 6 aromatic carbocycles. The van der Waals surface area contributed by atoms with Crippen molar-refractivity contribution in [2.75, 3.05) is 17.2 Å². The number of nitrogen functional groups attached to an aromatic ring is 3. The molecule has 0 saturated carbocycles. The van der Waals surface area contributed by atoms with Gasteiger partial charge >= 0.3 is 0 Å². The standard InChI is InChI=1S/C32H25N9O8S2/c33-18-3-1-16-11-27(50(44,45)46)29(31(42)23(16)13-18)40-36-20-6-8-21(9-7-20)37-41-30-28(51(47,48)49)12-17-2-5-22(15-24(17)32(30)43)38-39-26-10-4-19(34)14-25(26)35/h1-15,42-43H,33-35H2,(H,44,45,46)(H,47,48,49). The van der Waals surface area contributed by atoms with Gasteiger partial charge in [-0.05, 0) is 89.6 Å². The number of aromatic hydroxyl groups is 2. The molecule has 19 heteroatoms. The fraction of sp³-hybridized carbons (Fsp3) is 0. The van der Waals surface area contributed by atoms with E-state index in [0.29, 0.717) is 22.7 Å². The molecule has 0 bridgehead atoms. The molecule has 0 aliphatic carbocycles. The quantitative estimate of drug-likeness (QED) is 0.0449. The average molecular weight is 728 g/mol. The summed E-state index contributed by atoms with van der Waals surface area (Å²) in [6, 6.07) is 21.2. The van der Waals surface area contributed by atoms with E-state index in [4.69, 9.17) is 17.2 Å². The number of nitrogens with zero attached hydrogens (tertiary/aromatic N) is 6. The lowest BCUT2D eigenvalue weighted by molar-refractivity contribution is 0.471. The Morgan fingerprint density at radius 3 is 1.41 bits per heavy atom. The van der Waals surface area contributed by atoms with E-state index < -0.39 is 52.9 Å². The van der Waals surface area contributed by atoms with E-state index in [-0.39, 0.29) is 38.6 Å². The molecule has 0 aliphatic heterocycles. The van der Waals surface area contributed by atoms with Crippen LogP contribution < -0.4 is 17.2 Å². The first kappa shape index (κ1) is 34.3. The van der Waals surface area contributed by atoms with Gasteiger partial charge in [0, 0.05) is 22.1 Å². The monoisotopic (exact) mass is 727 g/mol. The van der Waals surface area contributed by atoms with Crippen LogP contribution in [0, 0.1) is 0 Å². The number of benzene rings is 6. The average Bonchev–Trinajstić information content (AvgIpc) is 3.07. The van der Waals surface area contributed by atoms with Crippen LogP contribution in [-0.4, -0.2) is 36.2 Å². The zero-order chi connectivity index (χ0) is 36.7. The molecule has 10 N–H and O–H groups in total. The molecule has 0 unspecified atom stereocenters. The van der Waals surface area contributed by atoms with Crippen molar-refractivity contribution >= 4 is 93.0 Å². The summed E-state index contributed by atoms with van der Waals surface area (Å²) < 4.78 is 68.4. The van der Waals surface area contributed by atoms with Gasteiger partial charge in [0.1, 0.15) is 26.9 Å². The van der Waals surface area contributed by atoms with Crippen LogP contribution >= 0.6 is 0 Å². The molecule has 51 heavy (non-hydrogen) atoms. The molecule has 17 nitrogen and oxygen atoms in total. The number of hydrogen-bond acceptors (Lipinski definition) is 15. The molecule has 0 fully saturated rings. The van der Waals surface area contributed by atoms with Gasteiger partial charge in [-0.1, -0.05) is 12.1 Å². The van der Waals surface area contributed by atoms with Crippen LogP contribution in [0.3, 0.4) is 0 Å². The second-order valence-electron chi connectivity index (χ2n) is 10.9. The zero-order valence-corrected chi connectivity index (χ0v) is 27.4. The maximum absolute atomic E-state index is 12.3. The molecule has 6 aromatic rings. The summed E-state index contributed by atoms with van der Waals surface area (Å²) in [6.07, 6.45) is 0. The summed E-state index contributed by atoms with van der Waals surface area (Å²) in [5, 5.41) is 46.6. The topological polar surface area (TPSA) is 301 Å². The Morgan fingerprint density at radius 2 is 0.902 bits per heavy atom. The summed E-state index contributed by atoms with van der Waals surface area (Å²) in [5.41, 5.74) is 18.3. The number of anilines is 3. The Bertz CT molecular complexity index is 2700. The highest BCUT2D eigenvalue weighted by Gasteiger charge is 2.23. The van der Waals surface area contributed by atoms with Gasteiger partial charge in [-0.25, -0.2) is 0 Å². The van der Waals surface area contributed by atoms with E-state index >= 15 is 0 Å². The first-order valence-electron chi connectivity index (χ1n) is 14.4. The first-order valence-corrected chi connectivity index (χ1v) is 17.3. The summed E-state index contributed by atoms with van der Waals surface area (Å²) in [4.78, 5) is -1.39. The third kappa shape index (κ3) is 7.26. The van der Waals surface area contributed by atoms with Gasteiger partial charge in [0.05, 0.1) is 22.7 Å². The van der Waals surface area contributed by atoms with Crippen molar-refractivity contribution in [3.63, 3.8) is 0 Å². The lowest BCUT2D eigenvalue weighted by atomic mass is 10.1. The van der Waals surface area contributed by atoms with Crippen LogP contribution in [0.1, 0.15) is 0 Å². The molecule has 0 radical (unpaired) electrons. The van der Waals surface area contributed by atoms with Crippen LogP contribution in [0.5, 0.6) is 11.5 Å². The SMILES string of the molecule is Nc1ccc(N=Nc2ccc3cc(S(=O)(=O)O)c(N=Nc4ccc(N=Nc5c(S(=O)(=O)O)cc6ccc(N)cc6c5O)cc4)c(O)c3c2)c(N)c1. The van der Waals surface area contributed by atoms with E-state index in [9.17, 15) is 36.2 Å². The largest absolute Gasteiger partial charge is 0.505 e. The number of nitrogens with two attached hydrogens (primary N) is 3. The molecule has 258 valence electrons. The molecule has 0 atom stereocenters. The number of phenolic OH excluding ortho intramolecular Hbond substituents is 2. The Labute approximate surface area is 288 Å². The summed E-state index contributed by atoms with van der Waals surface area (Å²) >= 11 is 0. The van der Waals surface area contributed by atoms with E-state index in [2.05, 4.69) is 30.7 Å². The summed E-state index contributed by atoms with van der Waals surface area (Å²) in [7, 11) is -9.71. The highest BCUT2D eigenvalue weighted by atomic mass is 32.2. The van der Waals surface area contributed by atoms with Gasteiger partial charge < -0.3 is 27.4 Å². The number of rotatable bonds is 8. The second kappa shape index (κ2) is 13.1. The summed E-state index contributed by atoms with van der Waals surface area (Å²) in [5.74, 6) is -1.20. The summed E-state index contributed by atoms with van der Waals surface area (Å²) in [6.45, 7) is 0. The van der Waals surface area contributed by atoms with E-state index in [0.717, 1.165) is 12.1 Å². The molecule has 0 heterocycles. The van der Waals surface area contributed by atoms with Gasteiger partial charge in [-0.3, -0.25) is 9.11 Å². The van der Waals surface area contributed by atoms with E-state index in [1.165, 1.54) is 66.7 Å². The van der Waals surface area contributed by atoms with Gasteiger partial charge in [0.15, 0.2) is 11.5 Å². The van der Waals surface area contributed by atoms with E-state index in [1.54, 1.807) is 12.1 Å². The van der Waals surface area contributed by atoms with Crippen molar-refractivity contribution in [1.82, 2.24) is 0 Å². The Morgan fingerprint density at radius 1 is 0.471 bits per heavy atom. The van der Waals surface area contributed by atoms with Crippen molar-refractivity contribution in [3.8, 4) is 11.5 Å². The predicted octanol–water partition coefficient (Wildman–Crippen LogP) is 7.89. The van der Waals surface area contributed by atoms with Crippen molar-refractivity contribution in [2.24, 2.45) is 30.7 Å². The second-order valence-corrected chi connectivity index (χ2v) is 13.7. The molecular weight excluding hydrogens is 703 g/mol. The molecule has 0 aliphatic rings. The van der Waals surface area contributed by atoms with E-state index in [1.807, 2.05) is 0 Å². The van der Waals surface area contributed by atoms with Crippen molar-refractivity contribution in [3.05, 3.63) is 91.0 Å². The smallest absolute Gasteiger partial charge is 0.296 e. The molecule has 0 aromatic heterocycles. The van der Waals surface area contributed by atoms with Crippen LogP contribution in [-0.2, 0) is 20.2 Å². The molecule has 0 saturated heterocycles. The van der Waals surface area contributed by atoms with Crippen LogP contribution in [0.2, 0.25) is 0 Å². The van der Waals surface area contributed by atoms with Crippen molar-refractivity contribution in [1.29, 1.82) is 0 Å². The lowest BCUT2D eigenvalue weighted by Gasteiger charge is -2.09. The minimum Gasteiger partial charge on any atom is -0.505 e. The third-order valence-electron chi connectivity index (χ3n) is 7.37. The van der Waals surface area contributed by atoms with Crippen LogP contribution in [0.25, 0.3) is 21.5 Å². The number of azo groups is 3. The van der Waals surface area contributed by atoms with Crippen molar-refractivity contribution in [2.45, 2.75) is 9.79 Å². The number of phenols is 2. The highest BCUT2D eigenvalue weighted by Crippen LogP contribution is 2.44. The van der Waals surface area contributed by atoms with Gasteiger partial charge in [-0.2, -0.15) is 32.2 Å². The highest BCUT2D eigenvalue weighted by molar-refractivity contribution is 7.86. The fourth-order valence-corrected chi connectivity index (χ4v) is 6.23. The number of hydrogen-bond donors (Lipinski definition) is 7. The van der Waals surface area contributed by atoms with Gasteiger partial charge in [-0.15, -0.1) is 15.3 Å². The molecule has 6 rings (SSSR count). The minimum absolute atomic E-state index is 0.123. The van der Waals surface area contributed by atoms with Crippen molar-refractivity contribution < 1.29 is 36.2 Å². The Kier molecular flexibility index (Phi) is 8.79. The maximum atomic E-state index is 12.3. The van der Waals surface area contributed by atoms with Crippen LogP contribution in [0.15, 0.2) is 131 Å². The van der Waals surface area contributed by atoms with Gasteiger partial charge in [0.25, 0.3) is 20.2 Å². The predicted molar refractivity (Wildman–Crippen MR) is 190 cm³/mol. The number of fused-ring (bicyclic) bond motifs is 2. The third-order valence-corrected chi connectivity index (χ3v) is 9.11. The minimum atomic E-state index is -4.89. The lowest BCUT2D eigenvalue weighted by Crippen LogP contribution is -1.99. The van der Waals surface area contributed by atoms with Gasteiger partial charge in [0.2, 0.25) is 0 Å². The zero-order valence-electron chi connectivity index (χ0n) is 25.8. The first-order chi connectivity index (χ1) is 24.1.